The van der Waals surface area contributed by atoms with Gasteiger partial charge in [0.2, 0.25) is 0 Å². The Labute approximate surface area is 159 Å². The van der Waals surface area contributed by atoms with Crippen molar-refractivity contribution in [3.05, 3.63) is 54.2 Å². The fraction of sp³-hybridized carbons (Fsp3) is 0.211. The second-order valence-corrected chi connectivity index (χ2v) is 6.74. The highest BCUT2D eigenvalue weighted by molar-refractivity contribution is 7.80. The molecule has 3 rings (SSSR count). The number of hydrogen-bond donors (Lipinski definition) is 3. The highest BCUT2D eigenvalue weighted by Crippen LogP contribution is 2.33. The number of aliphatic hydroxyl groups is 1. The van der Waals surface area contributed by atoms with Gasteiger partial charge in [-0.25, -0.2) is 0 Å². The first-order valence-electron chi connectivity index (χ1n) is 8.20. The number of aromatic nitrogens is 1. The van der Waals surface area contributed by atoms with E-state index in [4.69, 9.17) is 23.7 Å². The molecule has 0 saturated carbocycles. The maximum absolute atomic E-state index is 12.6. The summed E-state index contributed by atoms with van der Waals surface area (Å²) >= 11 is 5.02. The number of nitrogens with zero attached hydrogens (tertiary/aromatic N) is 1. The van der Waals surface area contributed by atoms with E-state index in [9.17, 15) is 18.3 Å². The minimum atomic E-state index is -4.64. The third-order valence-electron chi connectivity index (χ3n) is 4.39. The zero-order chi connectivity index (χ0) is 19.8. The van der Waals surface area contributed by atoms with Crippen LogP contribution in [-0.4, -0.2) is 26.9 Å². The van der Waals surface area contributed by atoms with Crippen LogP contribution in [0.5, 0.6) is 0 Å². The van der Waals surface area contributed by atoms with Crippen LogP contribution >= 0.6 is 12.2 Å². The van der Waals surface area contributed by atoms with E-state index in [1.54, 1.807) is 29.0 Å². The lowest BCUT2D eigenvalue weighted by molar-refractivity contribution is -0.205. The first-order chi connectivity index (χ1) is 12.7. The number of nitrogens with two attached hydrogens (primary N) is 2. The number of aryl methyl sites for hydroxylation is 1. The molecule has 1 heterocycles. The molecule has 0 bridgehead atoms. The lowest BCUT2D eigenvalue weighted by Gasteiger charge is -2.15. The summed E-state index contributed by atoms with van der Waals surface area (Å²) in [4.78, 5) is 0.262. The van der Waals surface area contributed by atoms with Crippen LogP contribution in [0.4, 0.5) is 18.9 Å². The van der Waals surface area contributed by atoms with Gasteiger partial charge in [0.15, 0.2) is 6.10 Å². The normalized spacial score (nSPS) is 13.0. The summed E-state index contributed by atoms with van der Waals surface area (Å²) in [5.41, 5.74) is 15.1. The molecular formula is C19H18F3N3OS. The van der Waals surface area contributed by atoms with Crippen molar-refractivity contribution in [3.8, 4) is 11.1 Å². The van der Waals surface area contributed by atoms with E-state index in [0.717, 1.165) is 16.5 Å². The minimum Gasteiger partial charge on any atom is -0.399 e. The number of anilines is 1. The van der Waals surface area contributed by atoms with E-state index in [1.165, 1.54) is 0 Å². The van der Waals surface area contributed by atoms with Gasteiger partial charge in [-0.05, 0) is 23.8 Å². The van der Waals surface area contributed by atoms with Gasteiger partial charge in [0.25, 0.3) is 0 Å². The number of alkyl halides is 3. The van der Waals surface area contributed by atoms with Crippen molar-refractivity contribution in [2.24, 2.45) is 5.73 Å². The molecule has 2 aromatic carbocycles. The van der Waals surface area contributed by atoms with Crippen molar-refractivity contribution >= 4 is 33.8 Å². The summed E-state index contributed by atoms with van der Waals surface area (Å²) in [5, 5.41) is 10.1. The monoisotopic (exact) mass is 393 g/mol. The topological polar surface area (TPSA) is 77.2 Å². The van der Waals surface area contributed by atoms with Crippen LogP contribution in [0.15, 0.2) is 48.7 Å². The molecule has 0 fully saturated rings. The molecule has 142 valence electrons. The zero-order valence-electron chi connectivity index (χ0n) is 14.2. The Morgan fingerprint density at radius 2 is 1.93 bits per heavy atom. The van der Waals surface area contributed by atoms with Crippen LogP contribution in [-0.2, 0) is 6.54 Å². The van der Waals surface area contributed by atoms with Crippen LogP contribution in [0.1, 0.15) is 12.0 Å². The SMILES string of the molecule is NC(=S)c1cccc(-c2cn(CCC(O)C(F)(F)F)c3cc(N)ccc23)c1. The molecule has 5 N–H and O–H groups in total. The van der Waals surface area contributed by atoms with Crippen molar-refractivity contribution < 1.29 is 18.3 Å². The number of aliphatic hydroxyl groups excluding tert-OH is 1. The summed E-state index contributed by atoms with van der Waals surface area (Å²) in [6, 6.07) is 12.6. The fourth-order valence-electron chi connectivity index (χ4n) is 2.99. The largest absolute Gasteiger partial charge is 0.414 e. The highest BCUT2D eigenvalue weighted by Gasteiger charge is 2.37. The molecule has 0 radical (unpaired) electrons. The molecular weight excluding hydrogens is 375 g/mol. The van der Waals surface area contributed by atoms with Gasteiger partial charge in [-0.3, -0.25) is 0 Å². The Morgan fingerprint density at radius 1 is 1.19 bits per heavy atom. The summed E-state index contributed by atoms with van der Waals surface area (Å²) in [6.07, 6.45) is -5.71. The van der Waals surface area contributed by atoms with Crippen LogP contribution in [0.3, 0.4) is 0 Å². The molecule has 0 spiro atoms. The average molecular weight is 393 g/mol. The second kappa shape index (κ2) is 7.21. The number of thiocarbonyl (C=S) groups is 1. The van der Waals surface area contributed by atoms with Crippen molar-refractivity contribution in [3.63, 3.8) is 0 Å². The molecule has 0 aliphatic heterocycles. The number of halogens is 3. The Balaban J connectivity index is 2.05. The van der Waals surface area contributed by atoms with E-state index in [-0.39, 0.29) is 11.5 Å². The molecule has 3 aromatic rings. The second-order valence-electron chi connectivity index (χ2n) is 6.30. The van der Waals surface area contributed by atoms with E-state index in [0.29, 0.717) is 16.8 Å². The number of fused-ring (bicyclic) bond motifs is 1. The smallest absolute Gasteiger partial charge is 0.399 e. The van der Waals surface area contributed by atoms with E-state index >= 15 is 0 Å². The molecule has 27 heavy (non-hydrogen) atoms. The van der Waals surface area contributed by atoms with Gasteiger partial charge in [-0.2, -0.15) is 13.2 Å². The molecule has 0 saturated heterocycles. The standard InChI is InChI=1S/C19H18F3N3OS/c20-19(21,22)17(26)6-7-25-10-15(14-5-4-13(23)9-16(14)25)11-2-1-3-12(8-11)18(24)27/h1-5,8-10,17,26H,6-7,23H2,(H2,24,27). The first-order valence-corrected chi connectivity index (χ1v) is 8.61. The fourth-order valence-corrected chi connectivity index (χ4v) is 3.12. The van der Waals surface area contributed by atoms with E-state index in [2.05, 4.69) is 0 Å². The van der Waals surface area contributed by atoms with Crippen LogP contribution in [0, 0.1) is 0 Å². The summed E-state index contributed by atoms with van der Waals surface area (Å²) in [6.45, 7) is -0.00434. The highest BCUT2D eigenvalue weighted by atomic mass is 32.1. The Hall–Kier alpha value is -2.58. The minimum absolute atomic E-state index is 0.00434. The van der Waals surface area contributed by atoms with Crippen molar-refractivity contribution in [1.82, 2.24) is 4.57 Å². The molecule has 0 amide bonds. The lowest BCUT2D eigenvalue weighted by atomic mass is 10.0. The number of nitrogen functional groups attached to an aromatic ring is 1. The first kappa shape index (κ1) is 19.2. The molecule has 1 aromatic heterocycles. The predicted octanol–water partition coefficient (Wildman–Crippen LogP) is 3.84. The van der Waals surface area contributed by atoms with Gasteiger partial charge < -0.3 is 21.1 Å². The van der Waals surface area contributed by atoms with Crippen molar-refractivity contribution in [2.75, 3.05) is 5.73 Å². The molecule has 8 heteroatoms. The van der Waals surface area contributed by atoms with Gasteiger partial charge in [-0.1, -0.05) is 36.5 Å². The molecule has 0 aliphatic rings. The average Bonchev–Trinajstić information content (AvgIpc) is 2.96. The molecule has 4 nitrogen and oxygen atoms in total. The Kier molecular flexibility index (Phi) is 5.12. The predicted molar refractivity (Wildman–Crippen MR) is 104 cm³/mol. The van der Waals surface area contributed by atoms with Gasteiger partial charge in [-0.15, -0.1) is 0 Å². The Bertz CT molecular complexity index is 998. The molecule has 1 atom stereocenters. The quantitative estimate of drug-likeness (QED) is 0.455. The van der Waals surface area contributed by atoms with Gasteiger partial charge >= 0.3 is 6.18 Å². The third-order valence-corrected chi connectivity index (χ3v) is 4.62. The van der Waals surface area contributed by atoms with Crippen LogP contribution < -0.4 is 11.5 Å². The van der Waals surface area contributed by atoms with Crippen LogP contribution in [0.25, 0.3) is 22.0 Å². The van der Waals surface area contributed by atoms with E-state index < -0.39 is 18.7 Å². The van der Waals surface area contributed by atoms with Crippen LogP contribution in [0.2, 0.25) is 0 Å². The molecule has 1 unspecified atom stereocenters. The number of hydrogen-bond acceptors (Lipinski definition) is 3. The summed E-state index contributed by atoms with van der Waals surface area (Å²) in [7, 11) is 0. The lowest BCUT2D eigenvalue weighted by Crippen LogP contribution is -2.29. The summed E-state index contributed by atoms with van der Waals surface area (Å²) in [5.74, 6) is 0. The van der Waals surface area contributed by atoms with Gasteiger partial charge in [0.05, 0.1) is 5.52 Å². The number of rotatable bonds is 5. The third kappa shape index (κ3) is 4.06. The molecule has 0 aliphatic carbocycles. The van der Waals surface area contributed by atoms with Gasteiger partial charge in [0.1, 0.15) is 4.99 Å². The summed E-state index contributed by atoms with van der Waals surface area (Å²) < 4.78 is 39.5. The van der Waals surface area contributed by atoms with Gasteiger partial charge in [0, 0.05) is 41.4 Å². The van der Waals surface area contributed by atoms with Crippen molar-refractivity contribution in [2.45, 2.75) is 25.2 Å². The maximum Gasteiger partial charge on any atom is 0.414 e. The number of benzene rings is 2. The maximum atomic E-state index is 12.6. The Morgan fingerprint density at radius 3 is 2.59 bits per heavy atom. The van der Waals surface area contributed by atoms with E-state index in [1.807, 2.05) is 24.3 Å². The zero-order valence-corrected chi connectivity index (χ0v) is 15.0. The van der Waals surface area contributed by atoms with Crippen molar-refractivity contribution in [1.29, 1.82) is 0 Å².